The molecule has 0 radical (unpaired) electrons. The summed E-state index contributed by atoms with van der Waals surface area (Å²) < 4.78 is 11.7. The van der Waals surface area contributed by atoms with Crippen molar-refractivity contribution >= 4 is 26.1 Å². The fourth-order valence-corrected chi connectivity index (χ4v) is 4.29. The van der Waals surface area contributed by atoms with Crippen LogP contribution in [-0.2, 0) is 15.8 Å². The van der Waals surface area contributed by atoms with E-state index in [0.717, 1.165) is 31.6 Å². The predicted molar refractivity (Wildman–Crippen MR) is 130 cm³/mol. The van der Waals surface area contributed by atoms with E-state index in [9.17, 15) is 14.7 Å². The number of carbonyl (C=O) groups is 2. The summed E-state index contributed by atoms with van der Waals surface area (Å²) in [6.07, 6.45) is 1.22. The van der Waals surface area contributed by atoms with Crippen molar-refractivity contribution in [3.63, 3.8) is 0 Å². The molecular weight excluding hydrogens is 424 g/mol. The standard InChI is InChI=1S/C24H40N2O5Si/c1-23(2,3)31-22(29)25-18-11-13-26(14-12-18)19-9-10-20(21(27)28)17(15-19)16-30-32(7,8)24(4,5)6/h9-10,15,18H,11-14,16H2,1-8H3,(H,25,29)(H,27,28). The molecular formula is C24H40N2O5Si. The number of alkyl carbamates (subject to hydrolysis) is 1. The average molecular weight is 465 g/mol. The van der Waals surface area contributed by atoms with Gasteiger partial charge in [-0.25, -0.2) is 9.59 Å². The summed E-state index contributed by atoms with van der Waals surface area (Å²) >= 11 is 0. The van der Waals surface area contributed by atoms with E-state index in [0.29, 0.717) is 12.2 Å². The van der Waals surface area contributed by atoms with E-state index >= 15 is 0 Å². The van der Waals surface area contributed by atoms with Crippen molar-refractivity contribution in [2.24, 2.45) is 0 Å². The maximum Gasteiger partial charge on any atom is 0.407 e. The molecule has 0 bridgehead atoms. The van der Waals surface area contributed by atoms with Gasteiger partial charge < -0.3 is 24.5 Å². The lowest BCUT2D eigenvalue weighted by molar-refractivity contribution is 0.0496. The summed E-state index contributed by atoms with van der Waals surface area (Å²) in [7, 11) is -2.00. The lowest BCUT2D eigenvalue weighted by atomic mass is 10.0. The normalized spacial score (nSPS) is 16.1. The molecule has 2 N–H and O–H groups in total. The molecule has 1 fully saturated rings. The zero-order chi connectivity index (χ0) is 24.3. The molecule has 32 heavy (non-hydrogen) atoms. The summed E-state index contributed by atoms with van der Waals surface area (Å²) in [5, 5.41) is 12.7. The van der Waals surface area contributed by atoms with Gasteiger partial charge in [-0.2, -0.15) is 0 Å². The maximum atomic E-state index is 12.0. The number of nitrogens with zero attached hydrogens (tertiary/aromatic N) is 1. The zero-order valence-corrected chi connectivity index (χ0v) is 21.9. The minimum absolute atomic E-state index is 0.0526. The van der Waals surface area contributed by atoms with Crippen molar-refractivity contribution in [3.05, 3.63) is 29.3 Å². The highest BCUT2D eigenvalue weighted by Crippen LogP contribution is 2.37. The van der Waals surface area contributed by atoms with Crippen LogP contribution in [0, 0.1) is 0 Å². The smallest absolute Gasteiger partial charge is 0.407 e. The molecule has 1 heterocycles. The SMILES string of the molecule is CC(C)(C)OC(=O)NC1CCN(c2ccc(C(=O)O)c(CO[Si](C)(C)C(C)(C)C)c2)CC1. The van der Waals surface area contributed by atoms with Crippen molar-refractivity contribution in [3.8, 4) is 0 Å². The van der Waals surface area contributed by atoms with Gasteiger partial charge in [-0.05, 0) is 75.5 Å². The minimum Gasteiger partial charge on any atom is -0.478 e. The van der Waals surface area contributed by atoms with E-state index in [1.165, 1.54) is 0 Å². The van der Waals surface area contributed by atoms with Crippen LogP contribution in [0.3, 0.4) is 0 Å². The zero-order valence-electron chi connectivity index (χ0n) is 20.9. The van der Waals surface area contributed by atoms with Crippen LogP contribution in [0.25, 0.3) is 0 Å². The minimum atomic E-state index is -2.00. The van der Waals surface area contributed by atoms with Gasteiger partial charge >= 0.3 is 12.1 Å². The summed E-state index contributed by atoms with van der Waals surface area (Å²) in [6, 6.07) is 5.55. The van der Waals surface area contributed by atoms with Gasteiger partial charge in [0, 0.05) is 24.8 Å². The van der Waals surface area contributed by atoms with Crippen LogP contribution in [0.1, 0.15) is 70.3 Å². The van der Waals surface area contributed by atoms with Crippen molar-refractivity contribution in [1.29, 1.82) is 0 Å². The second kappa shape index (κ2) is 9.83. The molecule has 2 rings (SSSR count). The van der Waals surface area contributed by atoms with Gasteiger partial charge in [0.15, 0.2) is 8.32 Å². The van der Waals surface area contributed by atoms with E-state index in [4.69, 9.17) is 9.16 Å². The van der Waals surface area contributed by atoms with E-state index in [1.807, 2.05) is 32.9 Å². The van der Waals surface area contributed by atoms with Crippen LogP contribution in [0.5, 0.6) is 0 Å². The Hall–Kier alpha value is -2.06. The number of rotatable bonds is 6. The number of anilines is 1. The fraction of sp³-hybridized carbons (Fsp3) is 0.667. The van der Waals surface area contributed by atoms with Crippen molar-refractivity contribution in [1.82, 2.24) is 5.32 Å². The molecule has 0 atom stereocenters. The Morgan fingerprint density at radius 2 is 1.72 bits per heavy atom. The Labute approximate surface area is 193 Å². The highest BCUT2D eigenvalue weighted by molar-refractivity contribution is 6.74. The quantitative estimate of drug-likeness (QED) is 0.548. The van der Waals surface area contributed by atoms with E-state index in [-0.39, 0.29) is 22.7 Å². The third kappa shape index (κ3) is 7.23. The predicted octanol–water partition coefficient (Wildman–Crippen LogP) is 5.40. The molecule has 180 valence electrons. The highest BCUT2D eigenvalue weighted by atomic mass is 28.4. The van der Waals surface area contributed by atoms with Gasteiger partial charge in [0.05, 0.1) is 12.2 Å². The number of carboxylic acid groups (broad SMARTS) is 1. The number of benzene rings is 1. The largest absolute Gasteiger partial charge is 0.478 e. The number of aromatic carboxylic acids is 1. The lowest BCUT2D eigenvalue weighted by Gasteiger charge is -2.36. The summed E-state index contributed by atoms with van der Waals surface area (Å²) in [5.41, 5.74) is 1.46. The molecule has 0 unspecified atom stereocenters. The Bertz CT molecular complexity index is 819. The Morgan fingerprint density at radius 1 is 1.12 bits per heavy atom. The number of piperidine rings is 1. The van der Waals surface area contributed by atoms with Gasteiger partial charge in [-0.1, -0.05) is 20.8 Å². The second-order valence-electron chi connectivity index (χ2n) is 11.1. The van der Waals surface area contributed by atoms with Crippen LogP contribution >= 0.6 is 0 Å². The van der Waals surface area contributed by atoms with Crippen molar-refractivity contribution in [2.45, 2.75) is 90.8 Å². The molecule has 1 aliphatic heterocycles. The van der Waals surface area contributed by atoms with Crippen LogP contribution in [0.2, 0.25) is 18.1 Å². The lowest BCUT2D eigenvalue weighted by Crippen LogP contribution is -2.46. The fourth-order valence-electron chi connectivity index (χ4n) is 3.34. The number of nitrogens with one attached hydrogen (secondary N) is 1. The first-order valence-corrected chi connectivity index (χ1v) is 14.2. The van der Waals surface area contributed by atoms with Gasteiger partial charge in [0.2, 0.25) is 0 Å². The van der Waals surface area contributed by atoms with Crippen LogP contribution < -0.4 is 10.2 Å². The Balaban J connectivity index is 2.06. The number of hydrogen-bond acceptors (Lipinski definition) is 5. The molecule has 7 nitrogen and oxygen atoms in total. The molecule has 0 saturated carbocycles. The van der Waals surface area contributed by atoms with Gasteiger partial charge in [-0.3, -0.25) is 0 Å². The van der Waals surface area contributed by atoms with E-state index < -0.39 is 19.9 Å². The number of amides is 1. The molecule has 0 aliphatic carbocycles. The molecule has 8 heteroatoms. The third-order valence-corrected chi connectivity index (χ3v) is 10.8. The van der Waals surface area contributed by atoms with Crippen LogP contribution in [0.4, 0.5) is 10.5 Å². The summed E-state index contributed by atoms with van der Waals surface area (Å²) in [5.74, 6) is -0.939. The first-order valence-electron chi connectivity index (χ1n) is 11.3. The molecule has 1 saturated heterocycles. The molecule has 1 aromatic rings. The topological polar surface area (TPSA) is 88.1 Å². The molecule has 0 spiro atoms. The molecule has 1 amide bonds. The van der Waals surface area contributed by atoms with Crippen molar-refractivity contribution in [2.75, 3.05) is 18.0 Å². The maximum absolute atomic E-state index is 12.0. The van der Waals surface area contributed by atoms with Gasteiger partial charge in [0.25, 0.3) is 0 Å². The van der Waals surface area contributed by atoms with Gasteiger partial charge in [-0.15, -0.1) is 0 Å². The molecule has 1 aromatic carbocycles. The number of carbonyl (C=O) groups excluding carboxylic acids is 1. The average Bonchev–Trinajstić information content (AvgIpc) is 2.64. The second-order valence-corrected chi connectivity index (χ2v) is 15.9. The van der Waals surface area contributed by atoms with Gasteiger partial charge in [0.1, 0.15) is 5.60 Å². The van der Waals surface area contributed by atoms with Crippen LogP contribution in [-0.4, -0.2) is 50.2 Å². The third-order valence-electron chi connectivity index (χ3n) is 6.29. The number of ether oxygens (including phenoxy) is 1. The summed E-state index contributed by atoms with van der Waals surface area (Å²) in [6.45, 7) is 18.2. The van der Waals surface area contributed by atoms with Crippen molar-refractivity contribution < 1.29 is 23.9 Å². The Kier molecular flexibility index (Phi) is 8.04. The molecule has 1 aliphatic rings. The first kappa shape index (κ1) is 26.2. The Morgan fingerprint density at radius 3 is 2.22 bits per heavy atom. The molecule has 0 aromatic heterocycles. The van der Waals surface area contributed by atoms with Crippen LogP contribution in [0.15, 0.2) is 18.2 Å². The van der Waals surface area contributed by atoms with E-state index in [1.54, 1.807) is 6.07 Å². The monoisotopic (exact) mass is 464 g/mol. The number of carboxylic acids is 1. The first-order chi connectivity index (χ1) is 14.6. The number of hydrogen-bond donors (Lipinski definition) is 2. The van der Waals surface area contributed by atoms with E-state index in [2.05, 4.69) is 44.1 Å². The highest BCUT2D eigenvalue weighted by Gasteiger charge is 2.37. The summed E-state index contributed by atoms with van der Waals surface area (Å²) in [4.78, 5) is 26.0.